The number of hydrogen-bond donors (Lipinski definition) is 2. The minimum Gasteiger partial charge on any atom is -0.426 e. The molecule has 0 aliphatic carbocycles. The van der Waals surface area contributed by atoms with Crippen LogP contribution in [-0.4, -0.2) is 15.8 Å². The molecule has 1 heterocycles. The third kappa shape index (κ3) is 4.27. The van der Waals surface area contributed by atoms with E-state index in [9.17, 15) is 4.79 Å². The average Bonchev–Trinajstić information content (AvgIpc) is 3.10. The fraction of sp³-hybridized carbons (Fsp3) is 0.231. The molecule has 0 fully saturated rings. The highest BCUT2D eigenvalue weighted by atomic mass is 35.5. The van der Waals surface area contributed by atoms with Crippen LogP contribution >= 0.6 is 11.6 Å². The van der Waals surface area contributed by atoms with E-state index in [-0.39, 0.29) is 5.78 Å². The normalized spacial score (nSPS) is 11.7. The molecule has 4 rings (SSSR count). The second kappa shape index (κ2) is 8.08. The van der Waals surface area contributed by atoms with Crippen LogP contribution in [0.5, 0.6) is 11.8 Å². The number of carbonyl (C=O) groups is 1. The summed E-state index contributed by atoms with van der Waals surface area (Å²) < 4.78 is 5.95. The third-order valence-electron chi connectivity index (χ3n) is 5.72. The first-order chi connectivity index (χ1) is 15.0. The van der Waals surface area contributed by atoms with Gasteiger partial charge in [0.15, 0.2) is 5.78 Å². The maximum atomic E-state index is 11.9. The van der Waals surface area contributed by atoms with Gasteiger partial charge in [0.05, 0.1) is 16.1 Å². The molecule has 0 aliphatic rings. The number of rotatable bonds is 5. The van der Waals surface area contributed by atoms with E-state index in [1.165, 1.54) is 0 Å². The number of aryl methyl sites for hydroxylation is 1. The molecule has 0 saturated heterocycles. The fourth-order valence-corrected chi connectivity index (χ4v) is 3.99. The topological polar surface area (TPSA) is 81.0 Å². The number of halogens is 1. The number of ketones is 1. The van der Waals surface area contributed by atoms with Crippen LogP contribution in [0.15, 0.2) is 48.5 Å². The highest BCUT2D eigenvalue weighted by molar-refractivity contribution is 6.34. The largest absolute Gasteiger partial charge is 0.426 e. The maximum absolute atomic E-state index is 11.9. The molecule has 0 saturated carbocycles. The van der Waals surface area contributed by atoms with Crippen molar-refractivity contribution in [2.75, 3.05) is 0 Å². The van der Waals surface area contributed by atoms with E-state index >= 15 is 0 Å². The number of imidazole rings is 1. The van der Waals surface area contributed by atoms with Gasteiger partial charge in [-0.15, -0.1) is 0 Å². The van der Waals surface area contributed by atoms with Gasteiger partial charge in [-0.25, -0.2) is 0 Å². The molecule has 0 aliphatic heterocycles. The van der Waals surface area contributed by atoms with Gasteiger partial charge in [-0.2, -0.15) is 4.98 Å². The molecule has 1 aromatic heterocycles. The lowest BCUT2D eigenvalue weighted by molar-refractivity contribution is 0.101. The molecule has 0 radical (unpaired) electrons. The van der Waals surface area contributed by atoms with Crippen LogP contribution in [0, 0.1) is 13.8 Å². The minimum atomic E-state index is -0.405. The molecule has 0 unspecified atom stereocenters. The van der Waals surface area contributed by atoms with Gasteiger partial charge >= 0.3 is 0 Å². The number of aromatic amines is 1. The lowest BCUT2D eigenvalue weighted by Gasteiger charge is -2.19. The van der Waals surface area contributed by atoms with Gasteiger partial charge in [-0.3, -0.25) is 4.79 Å². The molecule has 4 aromatic rings. The zero-order valence-electron chi connectivity index (χ0n) is 18.8. The molecular weight excluding hydrogens is 422 g/mol. The zero-order chi connectivity index (χ0) is 23.2. The summed E-state index contributed by atoms with van der Waals surface area (Å²) >= 11 is 6.58. The molecule has 32 heavy (non-hydrogen) atoms. The van der Waals surface area contributed by atoms with Gasteiger partial charge in [-0.1, -0.05) is 35.9 Å². The summed E-state index contributed by atoms with van der Waals surface area (Å²) in [6.45, 7) is 9.39. The van der Waals surface area contributed by atoms with Crippen molar-refractivity contribution < 1.29 is 9.53 Å². The number of benzene rings is 3. The summed E-state index contributed by atoms with van der Waals surface area (Å²) in [4.78, 5) is 19.7. The van der Waals surface area contributed by atoms with Crippen molar-refractivity contribution in [1.82, 2.24) is 9.97 Å². The number of Topliss-reactive ketones (excluding diaryl/α,β-unsaturated/α-hetero) is 1. The van der Waals surface area contributed by atoms with Crippen molar-refractivity contribution in [2.24, 2.45) is 5.73 Å². The second-order valence-electron chi connectivity index (χ2n) is 8.76. The lowest BCUT2D eigenvalue weighted by Crippen LogP contribution is -2.28. The van der Waals surface area contributed by atoms with Crippen LogP contribution in [0.1, 0.15) is 47.8 Å². The Kier molecular flexibility index (Phi) is 5.57. The molecule has 3 aromatic carbocycles. The molecule has 5 nitrogen and oxygen atoms in total. The van der Waals surface area contributed by atoms with Crippen LogP contribution in [0.4, 0.5) is 0 Å². The number of hydrogen-bond acceptors (Lipinski definition) is 4. The number of nitrogens with zero attached hydrogens (tertiary/aromatic N) is 1. The highest BCUT2D eigenvalue weighted by Gasteiger charge is 2.16. The number of fused-ring (bicyclic) bond motifs is 1. The summed E-state index contributed by atoms with van der Waals surface area (Å²) in [5, 5.41) is 0.609. The van der Waals surface area contributed by atoms with E-state index < -0.39 is 5.54 Å². The number of H-pyrrole nitrogens is 1. The van der Waals surface area contributed by atoms with E-state index in [1.807, 2.05) is 70.2 Å². The molecular formula is C26H26ClN3O2. The molecule has 0 bridgehead atoms. The van der Waals surface area contributed by atoms with E-state index in [0.717, 1.165) is 38.9 Å². The first-order valence-corrected chi connectivity index (χ1v) is 10.8. The fourth-order valence-electron chi connectivity index (χ4n) is 3.72. The van der Waals surface area contributed by atoms with E-state index in [4.69, 9.17) is 22.1 Å². The van der Waals surface area contributed by atoms with Crippen LogP contribution in [-0.2, 0) is 5.54 Å². The van der Waals surface area contributed by atoms with Gasteiger partial charge in [-0.05, 0) is 81.1 Å². The maximum Gasteiger partial charge on any atom is 0.300 e. The molecule has 0 atom stereocenters. The Morgan fingerprint density at radius 3 is 2.41 bits per heavy atom. The molecule has 0 spiro atoms. The third-order valence-corrected chi connectivity index (χ3v) is 6.04. The summed E-state index contributed by atoms with van der Waals surface area (Å²) in [6.07, 6.45) is 0. The second-order valence-corrected chi connectivity index (χ2v) is 9.17. The van der Waals surface area contributed by atoms with Gasteiger partial charge in [0.25, 0.3) is 6.01 Å². The van der Waals surface area contributed by atoms with Gasteiger partial charge in [0.1, 0.15) is 5.75 Å². The van der Waals surface area contributed by atoms with E-state index in [0.29, 0.717) is 22.3 Å². The van der Waals surface area contributed by atoms with Crippen molar-refractivity contribution >= 4 is 28.4 Å². The standard InChI is InChI=1S/C26H26ClN3O2/c1-14-10-19(11-20(15(14)2)16(3)31)32-25-29-23-12-21(22(27)13-24(23)30-25)17-6-8-18(9-7-17)26(4,5)28/h6-13H,28H2,1-5H3,(H,29,30). The quantitative estimate of drug-likeness (QED) is 0.334. The van der Waals surface area contributed by atoms with Crippen molar-refractivity contribution in [3.05, 3.63) is 75.8 Å². The first-order valence-electron chi connectivity index (χ1n) is 10.4. The zero-order valence-corrected chi connectivity index (χ0v) is 19.6. The van der Waals surface area contributed by atoms with Crippen molar-refractivity contribution in [2.45, 2.75) is 40.2 Å². The SMILES string of the molecule is CC(=O)c1cc(Oc2nc3cc(-c4ccc(C(C)(C)N)cc4)c(Cl)cc3[nH]2)cc(C)c1C. The average molecular weight is 448 g/mol. The Bertz CT molecular complexity index is 1330. The van der Waals surface area contributed by atoms with Gasteiger partial charge < -0.3 is 15.5 Å². The van der Waals surface area contributed by atoms with Crippen LogP contribution < -0.4 is 10.5 Å². The van der Waals surface area contributed by atoms with Gasteiger partial charge in [0.2, 0.25) is 0 Å². The number of nitrogens with one attached hydrogen (secondary N) is 1. The summed E-state index contributed by atoms with van der Waals surface area (Å²) in [5.41, 5.74) is 12.8. The first kappa shape index (κ1) is 22.1. The number of carbonyl (C=O) groups excluding carboxylic acids is 1. The van der Waals surface area contributed by atoms with Crippen LogP contribution in [0.2, 0.25) is 5.02 Å². The van der Waals surface area contributed by atoms with Gasteiger partial charge in [0, 0.05) is 16.7 Å². The number of ether oxygens (including phenoxy) is 1. The summed E-state index contributed by atoms with van der Waals surface area (Å²) in [5.74, 6) is 0.560. The Labute approximate surface area is 192 Å². The van der Waals surface area contributed by atoms with Crippen LogP contribution in [0.3, 0.4) is 0 Å². The Hall–Kier alpha value is -3.15. The minimum absolute atomic E-state index is 0.00104. The predicted octanol–water partition coefficient (Wildman–Crippen LogP) is 6.69. The molecule has 3 N–H and O–H groups in total. The molecule has 6 heteroatoms. The van der Waals surface area contributed by atoms with E-state index in [1.54, 1.807) is 13.0 Å². The van der Waals surface area contributed by atoms with Crippen molar-refractivity contribution in [3.8, 4) is 22.9 Å². The number of nitrogens with two attached hydrogens (primary N) is 1. The van der Waals surface area contributed by atoms with Crippen LogP contribution in [0.25, 0.3) is 22.2 Å². The summed E-state index contributed by atoms with van der Waals surface area (Å²) in [6, 6.07) is 15.8. The number of aromatic nitrogens is 2. The predicted molar refractivity (Wildman–Crippen MR) is 130 cm³/mol. The summed E-state index contributed by atoms with van der Waals surface area (Å²) in [7, 11) is 0. The Morgan fingerprint density at radius 1 is 1.09 bits per heavy atom. The molecule has 164 valence electrons. The Morgan fingerprint density at radius 2 is 1.78 bits per heavy atom. The van der Waals surface area contributed by atoms with Crippen molar-refractivity contribution in [1.29, 1.82) is 0 Å². The smallest absolute Gasteiger partial charge is 0.300 e. The molecule has 0 amide bonds. The lowest BCUT2D eigenvalue weighted by atomic mass is 9.93. The highest BCUT2D eigenvalue weighted by Crippen LogP contribution is 2.34. The Balaban J connectivity index is 1.68. The van der Waals surface area contributed by atoms with Crippen molar-refractivity contribution in [3.63, 3.8) is 0 Å². The van der Waals surface area contributed by atoms with E-state index in [2.05, 4.69) is 9.97 Å². The monoisotopic (exact) mass is 447 g/mol.